The molecule has 0 aromatic heterocycles. The van der Waals surface area contributed by atoms with Crippen LogP contribution in [0.2, 0.25) is 0 Å². The number of rotatable bonds is 17. The summed E-state index contributed by atoms with van der Waals surface area (Å²) in [6.07, 6.45) is 0.484. The maximum absolute atomic E-state index is 14.7. The van der Waals surface area contributed by atoms with Gasteiger partial charge in [0.25, 0.3) is 5.91 Å². The lowest BCUT2D eigenvalue weighted by Gasteiger charge is -2.32. The van der Waals surface area contributed by atoms with Crippen LogP contribution in [0.5, 0.6) is 0 Å². The van der Waals surface area contributed by atoms with Crippen molar-refractivity contribution in [3.05, 3.63) is 107 Å². The Balaban J connectivity index is 1.19. The number of benzene rings is 3. The number of hydrogen-bond acceptors (Lipinski definition) is 7. The number of carbonyl (C=O) groups is 3. The molecule has 3 aromatic carbocycles. The molecule has 0 radical (unpaired) electrons. The molecule has 3 atom stereocenters. The molecule has 2 N–H and O–H groups in total. The number of carbonyl (C=O) groups excluding carboxylic acids is 3. The highest BCUT2D eigenvalue weighted by Gasteiger charge is 2.56. The zero-order valence-electron chi connectivity index (χ0n) is 27.2. The van der Waals surface area contributed by atoms with Crippen LogP contribution in [0, 0.1) is 5.92 Å². The first kappa shape index (κ1) is 35.5. The smallest absolute Gasteiger partial charge is 0.256 e. The van der Waals surface area contributed by atoms with Crippen molar-refractivity contribution >= 4 is 46.2 Å². The minimum Gasteiger partial charge on any atom is -0.466 e. The quantitative estimate of drug-likeness (QED) is 0.121. The number of ether oxygens (including phenoxy) is 3. The largest absolute Gasteiger partial charge is 0.466 e. The van der Waals surface area contributed by atoms with Crippen molar-refractivity contribution in [1.82, 2.24) is 15.5 Å². The van der Waals surface area contributed by atoms with Gasteiger partial charge in [0.15, 0.2) is 11.6 Å². The number of hydrogen-bond donors (Lipinski definition) is 2. The van der Waals surface area contributed by atoms with Crippen molar-refractivity contribution < 1.29 is 28.6 Å². The molecule has 3 amide bonds. The number of nitrogens with one attached hydrogen (secondary N) is 2. The molecule has 3 aromatic rings. The highest BCUT2D eigenvalue weighted by molar-refractivity contribution is 14.1. The number of fused-ring (bicyclic) bond motifs is 3. The van der Waals surface area contributed by atoms with Crippen molar-refractivity contribution in [2.45, 2.75) is 38.0 Å². The molecule has 0 saturated carbocycles. The fourth-order valence-corrected chi connectivity index (χ4v) is 6.99. The van der Waals surface area contributed by atoms with E-state index in [1.54, 1.807) is 4.90 Å². The molecule has 0 spiro atoms. The molecule has 1 unspecified atom stereocenters. The van der Waals surface area contributed by atoms with Gasteiger partial charge < -0.3 is 29.7 Å². The normalized spacial score (nSPS) is 19.0. The third kappa shape index (κ3) is 8.80. The number of amides is 3. The van der Waals surface area contributed by atoms with E-state index in [1.807, 2.05) is 91.9 Å². The monoisotopic (exact) mass is 766 g/mol. The molecule has 10 nitrogen and oxygen atoms in total. The van der Waals surface area contributed by atoms with Crippen LogP contribution in [0.4, 0.5) is 0 Å². The van der Waals surface area contributed by atoms with E-state index >= 15 is 0 Å². The molecule has 0 aliphatic carbocycles. The highest BCUT2D eigenvalue weighted by atomic mass is 127. The number of nitrogens with zero attached hydrogens (tertiary/aromatic N) is 2. The summed E-state index contributed by atoms with van der Waals surface area (Å²) in [5, 5.41) is 5.77. The van der Waals surface area contributed by atoms with Crippen molar-refractivity contribution in [3.8, 4) is 0 Å². The van der Waals surface area contributed by atoms with E-state index in [4.69, 9.17) is 19.2 Å². The maximum Gasteiger partial charge on any atom is 0.256 e. The zero-order valence-corrected chi connectivity index (χ0v) is 29.4. The van der Waals surface area contributed by atoms with Gasteiger partial charge in [-0.05, 0) is 29.7 Å². The molecule has 48 heavy (non-hydrogen) atoms. The first-order valence-electron chi connectivity index (χ1n) is 16.4. The van der Waals surface area contributed by atoms with Crippen molar-refractivity contribution in [2.75, 3.05) is 50.5 Å². The van der Waals surface area contributed by atoms with Crippen LogP contribution in [0.15, 0.2) is 89.9 Å². The van der Waals surface area contributed by atoms with Crippen molar-refractivity contribution in [1.29, 1.82) is 0 Å². The molecule has 5 rings (SSSR count). The van der Waals surface area contributed by atoms with E-state index in [2.05, 4.69) is 33.2 Å². The average Bonchev–Trinajstić information content (AvgIpc) is 3.46. The molecule has 0 fully saturated rings. The van der Waals surface area contributed by atoms with Gasteiger partial charge in [-0.1, -0.05) is 102 Å². The minimum absolute atomic E-state index is 0.0301. The molecule has 2 heterocycles. The lowest BCUT2D eigenvalue weighted by Crippen LogP contribution is -2.52. The molecule has 0 bridgehead atoms. The SMILES string of the molecule is CCC(CI)C(=O)NCCOCCOCCNC(=O)CN1Cc2ccccc2[C@@H]2OC(c3ccccc3)=N[C@]2(Cc2ccccc2)C1=O. The Hall–Kier alpha value is -3.81. The molecule has 0 saturated heterocycles. The Morgan fingerprint density at radius 1 is 0.938 bits per heavy atom. The van der Waals surface area contributed by atoms with Gasteiger partial charge in [0.1, 0.15) is 0 Å². The third-order valence-electron chi connectivity index (χ3n) is 8.53. The van der Waals surface area contributed by atoms with E-state index in [0.717, 1.165) is 33.1 Å². The van der Waals surface area contributed by atoms with E-state index in [0.29, 0.717) is 51.8 Å². The second-order valence-corrected chi connectivity index (χ2v) is 12.7. The molecular formula is C37H43IN4O6. The van der Waals surface area contributed by atoms with Gasteiger partial charge in [-0.25, -0.2) is 4.99 Å². The van der Waals surface area contributed by atoms with Crippen LogP contribution in [-0.2, 0) is 41.6 Å². The summed E-state index contributed by atoms with van der Waals surface area (Å²) in [5.41, 5.74) is 2.26. The lowest BCUT2D eigenvalue weighted by molar-refractivity contribution is -0.143. The second-order valence-electron chi connectivity index (χ2n) is 11.9. The molecule has 2 aliphatic rings. The summed E-state index contributed by atoms with van der Waals surface area (Å²) in [6, 6.07) is 27.3. The highest BCUT2D eigenvalue weighted by Crippen LogP contribution is 2.46. The number of halogens is 1. The minimum atomic E-state index is -1.29. The van der Waals surface area contributed by atoms with Crippen LogP contribution in [0.25, 0.3) is 0 Å². The predicted octanol–water partition coefficient (Wildman–Crippen LogP) is 4.26. The first-order chi connectivity index (χ1) is 23.4. The van der Waals surface area contributed by atoms with Gasteiger partial charge in [-0.2, -0.15) is 0 Å². The summed E-state index contributed by atoms with van der Waals surface area (Å²) < 4.78 is 18.5. The van der Waals surface area contributed by atoms with Crippen LogP contribution in [0.1, 0.15) is 41.7 Å². The summed E-state index contributed by atoms with van der Waals surface area (Å²) in [5.74, 6) is -0.0350. The Morgan fingerprint density at radius 3 is 2.27 bits per heavy atom. The fraction of sp³-hybridized carbons (Fsp3) is 0.405. The second kappa shape index (κ2) is 17.5. The van der Waals surface area contributed by atoms with Gasteiger partial charge in [0.05, 0.1) is 33.0 Å². The third-order valence-corrected chi connectivity index (χ3v) is 9.59. The van der Waals surface area contributed by atoms with Crippen LogP contribution < -0.4 is 10.6 Å². The predicted molar refractivity (Wildman–Crippen MR) is 192 cm³/mol. The van der Waals surface area contributed by atoms with Crippen LogP contribution >= 0.6 is 22.6 Å². The number of alkyl halides is 1. The summed E-state index contributed by atoms with van der Waals surface area (Å²) in [4.78, 5) is 46.5. The Bertz CT molecular complexity index is 1550. The van der Waals surface area contributed by atoms with E-state index in [-0.39, 0.29) is 36.7 Å². The van der Waals surface area contributed by atoms with Gasteiger partial charge in [-0.3, -0.25) is 14.4 Å². The summed E-state index contributed by atoms with van der Waals surface area (Å²) in [6.45, 7) is 4.35. The molecular weight excluding hydrogens is 723 g/mol. The van der Waals surface area contributed by atoms with E-state index in [1.165, 1.54) is 0 Å². The van der Waals surface area contributed by atoms with E-state index < -0.39 is 11.6 Å². The van der Waals surface area contributed by atoms with E-state index in [9.17, 15) is 14.4 Å². The fourth-order valence-electron chi connectivity index (χ4n) is 5.97. The number of aliphatic imine (C=N–C) groups is 1. The summed E-state index contributed by atoms with van der Waals surface area (Å²) >= 11 is 2.23. The molecule has 2 aliphatic heterocycles. The van der Waals surface area contributed by atoms with Crippen LogP contribution in [0.3, 0.4) is 0 Å². The maximum atomic E-state index is 14.7. The zero-order chi connectivity index (χ0) is 33.8. The molecule has 11 heteroatoms. The van der Waals surface area contributed by atoms with Crippen molar-refractivity contribution in [2.24, 2.45) is 10.9 Å². The molecule has 254 valence electrons. The van der Waals surface area contributed by atoms with Crippen molar-refractivity contribution in [3.63, 3.8) is 0 Å². The van der Waals surface area contributed by atoms with Crippen LogP contribution in [-0.4, -0.2) is 84.5 Å². The average molecular weight is 767 g/mol. The van der Waals surface area contributed by atoms with Gasteiger partial charge in [-0.15, -0.1) is 0 Å². The standard InChI is InChI=1S/C37H43IN4O6/c1-2-28(24-38)34(44)40-18-20-47-22-21-46-19-17-39-32(43)26-42-25-30-15-9-10-16-31(30)33-37(36(42)45,23-27-11-5-3-6-12-27)41-35(48-33)29-13-7-4-8-14-29/h3-16,28,33H,2,17-26H2,1H3,(H,39,43)(H,40,44)/t28?,33-,37-/m0/s1. The summed E-state index contributed by atoms with van der Waals surface area (Å²) in [7, 11) is 0. The van der Waals surface area contributed by atoms with Gasteiger partial charge >= 0.3 is 0 Å². The Kier molecular flexibility index (Phi) is 13.0. The first-order valence-corrected chi connectivity index (χ1v) is 18.0. The van der Waals surface area contributed by atoms with Gasteiger partial charge in [0, 0.05) is 47.5 Å². The Morgan fingerprint density at radius 2 is 1.58 bits per heavy atom. The van der Waals surface area contributed by atoms with Gasteiger partial charge in [0.2, 0.25) is 17.7 Å². The lowest BCUT2D eigenvalue weighted by atomic mass is 9.81. The Labute approximate surface area is 295 Å². The topological polar surface area (TPSA) is 119 Å².